The molecule has 9 heteroatoms. The number of halogens is 3. The Morgan fingerprint density at radius 3 is 2.84 bits per heavy atom. The van der Waals surface area contributed by atoms with Crippen molar-refractivity contribution in [3.8, 4) is 11.4 Å². The van der Waals surface area contributed by atoms with E-state index in [0.29, 0.717) is 16.0 Å². The first kappa shape index (κ1) is 11.6. The standard InChI is InChI=1S/C10H7F3N6/c11-10(12,13)6-19-16-9(15-17-19)7-1-3-18-4-2-14-8(18)5-7/h1-5H,6H2. The second-order valence-electron chi connectivity index (χ2n) is 3.87. The third-order valence-electron chi connectivity index (χ3n) is 2.43. The Morgan fingerprint density at radius 1 is 1.21 bits per heavy atom. The highest BCUT2D eigenvalue weighted by atomic mass is 19.4. The summed E-state index contributed by atoms with van der Waals surface area (Å²) in [6, 6.07) is 3.36. The average Bonchev–Trinajstić information content (AvgIpc) is 2.93. The molecule has 0 fully saturated rings. The number of fused-ring (bicyclic) bond motifs is 1. The van der Waals surface area contributed by atoms with E-state index in [1.807, 2.05) is 0 Å². The van der Waals surface area contributed by atoms with Crippen LogP contribution in [-0.4, -0.2) is 35.8 Å². The SMILES string of the molecule is FC(F)(F)Cn1nnc(-c2ccn3ccnc3c2)n1. The van der Waals surface area contributed by atoms with Crippen LogP contribution in [0.15, 0.2) is 30.7 Å². The van der Waals surface area contributed by atoms with Crippen LogP contribution in [0.3, 0.4) is 0 Å². The molecule has 3 aromatic heterocycles. The monoisotopic (exact) mass is 268 g/mol. The lowest BCUT2D eigenvalue weighted by molar-refractivity contribution is -0.145. The topological polar surface area (TPSA) is 60.9 Å². The highest BCUT2D eigenvalue weighted by Crippen LogP contribution is 2.18. The van der Waals surface area contributed by atoms with Crippen molar-refractivity contribution < 1.29 is 13.2 Å². The van der Waals surface area contributed by atoms with Gasteiger partial charge in [0.25, 0.3) is 0 Å². The van der Waals surface area contributed by atoms with Gasteiger partial charge in [-0.05, 0) is 17.3 Å². The molecule has 19 heavy (non-hydrogen) atoms. The smallest absolute Gasteiger partial charge is 0.307 e. The third kappa shape index (κ3) is 2.39. The number of nitrogens with zero attached hydrogens (tertiary/aromatic N) is 6. The Balaban J connectivity index is 1.93. The Bertz CT molecular complexity index is 713. The zero-order chi connectivity index (χ0) is 13.5. The molecule has 0 aliphatic heterocycles. The Morgan fingerprint density at radius 2 is 2.05 bits per heavy atom. The number of hydrogen-bond acceptors (Lipinski definition) is 4. The Labute approximate surface area is 104 Å². The average molecular weight is 268 g/mol. The van der Waals surface area contributed by atoms with Crippen LogP contribution in [0.2, 0.25) is 0 Å². The van der Waals surface area contributed by atoms with Crippen LogP contribution in [-0.2, 0) is 6.54 Å². The van der Waals surface area contributed by atoms with Crippen LogP contribution >= 0.6 is 0 Å². The summed E-state index contributed by atoms with van der Waals surface area (Å²) in [5.41, 5.74) is 1.22. The van der Waals surface area contributed by atoms with Crippen LogP contribution in [0, 0.1) is 0 Å². The maximum atomic E-state index is 12.2. The van der Waals surface area contributed by atoms with Gasteiger partial charge in [0.2, 0.25) is 5.82 Å². The van der Waals surface area contributed by atoms with Gasteiger partial charge in [-0.15, -0.1) is 10.2 Å². The van der Waals surface area contributed by atoms with Gasteiger partial charge >= 0.3 is 6.18 Å². The molecule has 0 unspecified atom stereocenters. The molecule has 0 N–H and O–H groups in total. The minimum Gasteiger partial charge on any atom is -0.307 e. The molecule has 0 aliphatic rings. The summed E-state index contributed by atoms with van der Waals surface area (Å²) < 4.78 is 38.3. The van der Waals surface area contributed by atoms with Gasteiger partial charge in [-0.1, -0.05) is 0 Å². The summed E-state index contributed by atoms with van der Waals surface area (Å²) >= 11 is 0. The first-order chi connectivity index (χ1) is 9.01. The van der Waals surface area contributed by atoms with Crippen LogP contribution in [0.5, 0.6) is 0 Å². The van der Waals surface area contributed by atoms with Crippen molar-refractivity contribution in [2.75, 3.05) is 0 Å². The van der Waals surface area contributed by atoms with Gasteiger partial charge in [-0.3, -0.25) is 0 Å². The maximum Gasteiger partial charge on any atom is 0.409 e. The van der Waals surface area contributed by atoms with Crippen LogP contribution in [0.1, 0.15) is 0 Å². The molecule has 0 saturated heterocycles. The zero-order valence-electron chi connectivity index (χ0n) is 9.41. The van der Waals surface area contributed by atoms with E-state index in [-0.39, 0.29) is 5.82 Å². The highest BCUT2D eigenvalue weighted by molar-refractivity contribution is 5.60. The number of aromatic nitrogens is 6. The molecule has 0 saturated carbocycles. The summed E-state index contributed by atoms with van der Waals surface area (Å²) in [6.07, 6.45) is 0.729. The van der Waals surface area contributed by atoms with Gasteiger partial charge in [-0.25, -0.2) is 4.98 Å². The quantitative estimate of drug-likeness (QED) is 0.707. The van der Waals surface area contributed by atoms with E-state index >= 15 is 0 Å². The minimum atomic E-state index is -4.37. The molecule has 3 aromatic rings. The van der Waals surface area contributed by atoms with Crippen molar-refractivity contribution in [2.45, 2.75) is 12.7 Å². The van der Waals surface area contributed by atoms with Gasteiger partial charge < -0.3 is 4.40 Å². The van der Waals surface area contributed by atoms with E-state index in [2.05, 4.69) is 20.4 Å². The first-order valence-corrected chi connectivity index (χ1v) is 5.29. The number of alkyl halides is 3. The van der Waals surface area contributed by atoms with Crippen molar-refractivity contribution in [2.24, 2.45) is 0 Å². The Hall–Kier alpha value is -2.45. The van der Waals surface area contributed by atoms with E-state index < -0.39 is 12.7 Å². The molecular weight excluding hydrogens is 261 g/mol. The number of imidazole rings is 1. The van der Waals surface area contributed by atoms with Crippen LogP contribution in [0.25, 0.3) is 17.0 Å². The fraction of sp³-hybridized carbons (Fsp3) is 0.200. The van der Waals surface area contributed by atoms with E-state index in [9.17, 15) is 13.2 Å². The van der Waals surface area contributed by atoms with Gasteiger partial charge in [-0.2, -0.15) is 18.0 Å². The molecule has 0 aromatic carbocycles. The van der Waals surface area contributed by atoms with E-state index in [1.165, 1.54) is 0 Å². The lowest BCUT2D eigenvalue weighted by atomic mass is 10.2. The van der Waals surface area contributed by atoms with E-state index in [0.717, 1.165) is 0 Å². The molecule has 0 amide bonds. The molecular formula is C10H7F3N6. The molecule has 0 bridgehead atoms. The van der Waals surface area contributed by atoms with Crippen molar-refractivity contribution in [1.82, 2.24) is 29.6 Å². The number of rotatable bonds is 2. The molecule has 0 spiro atoms. The molecule has 98 valence electrons. The maximum absolute atomic E-state index is 12.2. The summed E-state index contributed by atoms with van der Waals surface area (Å²) in [5.74, 6) is 0.134. The van der Waals surface area contributed by atoms with Gasteiger partial charge in [0, 0.05) is 24.2 Å². The molecule has 0 aliphatic carbocycles. The summed E-state index contributed by atoms with van der Waals surface area (Å²) in [4.78, 5) is 4.59. The minimum absolute atomic E-state index is 0.134. The van der Waals surface area contributed by atoms with E-state index in [1.54, 1.807) is 35.1 Å². The largest absolute Gasteiger partial charge is 0.409 e. The lowest BCUT2D eigenvalue weighted by Crippen LogP contribution is -2.19. The van der Waals surface area contributed by atoms with Crippen molar-refractivity contribution in [3.05, 3.63) is 30.7 Å². The fourth-order valence-corrected chi connectivity index (χ4v) is 1.64. The normalized spacial score (nSPS) is 12.2. The third-order valence-corrected chi connectivity index (χ3v) is 2.43. The second kappa shape index (κ2) is 4.04. The van der Waals surface area contributed by atoms with Crippen LogP contribution < -0.4 is 0 Å². The summed E-state index contributed by atoms with van der Waals surface area (Å²) in [6.45, 7) is -1.26. The predicted octanol–water partition coefficient (Wildman–Crippen LogP) is 1.55. The molecule has 0 radical (unpaired) electrons. The molecule has 0 atom stereocenters. The molecule has 3 rings (SSSR count). The summed E-state index contributed by atoms with van der Waals surface area (Å²) in [5, 5.41) is 10.7. The number of hydrogen-bond donors (Lipinski definition) is 0. The molecule has 3 heterocycles. The van der Waals surface area contributed by atoms with Gasteiger partial charge in [0.05, 0.1) is 0 Å². The first-order valence-electron chi connectivity index (χ1n) is 5.29. The fourth-order valence-electron chi connectivity index (χ4n) is 1.64. The zero-order valence-corrected chi connectivity index (χ0v) is 9.41. The summed E-state index contributed by atoms with van der Waals surface area (Å²) in [7, 11) is 0. The highest BCUT2D eigenvalue weighted by Gasteiger charge is 2.29. The van der Waals surface area contributed by atoms with Crippen molar-refractivity contribution in [1.29, 1.82) is 0 Å². The lowest BCUT2D eigenvalue weighted by Gasteiger charge is -2.02. The Kier molecular flexibility index (Phi) is 2.47. The van der Waals surface area contributed by atoms with Crippen molar-refractivity contribution in [3.63, 3.8) is 0 Å². The van der Waals surface area contributed by atoms with Crippen LogP contribution in [0.4, 0.5) is 13.2 Å². The number of tetrazole rings is 1. The molecule has 6 nitrogen and oxygen atoms in total. The van der Waals surface area contributed by atoms with Gasteiger partial charge in [0.15, 0.2) is 6.54 Å². The predicted molar refractivity (Wildman–Crippen MR) is 58.1 cm³/mol. The van der Waals surface area contributed by atoms with Crippen molar-refractivity contribution >= 4 is 5.65 Å². The second-order valence-corrected chi connectivity index (χ2v) is 3.87. The van der Waals surface area contributed by atoms with Gasteiger partial charge in [0.1, 0.15) is 5.65 Å². The van der Waals surface area contributed by atoms with E-state index in [4.69, 9.17) is 0 Å². The number of pyridine rings is 1.